The second kappa shape index (κ2) is 6.88. The second-order valence-electron chi connectivity index (χ2n) is 6.00. The fraction of sp³-hybridized carbons (Fsp3) is 0.278. The zero-order valence-corrected chi connectivity index (χ0v) is 13.7. The van der Waals surface area contributed by atoms with Crippen molar-refractivity contribution in [3.8, 4) is 0 Å². The van der Waals surface area contributed by atoms with E-state index in [1.54, 1.807) is 6.07 Å². The van der Waals surface area contributed by atoms with Crippen LogP contribution < -0.4 is 10.6 Å². The maximum absolute atomic E-state index is 13.6. The Morgan fingerprint density at radius 1 is 1.28 bits per heavy atom. The van der Waals surface area contributed by atoms with Gasteiger partial charge in [0.25, 0.3) is 11.6 Å². The molecule has 0 fully saturated rings. The van der Waals surface area contributed by atoms with E-state index in [0.29, 0.717) is 5.69 Å². The molecule has 0 spiro atoms. The summed E-state index contributed by atoms with van der Waals surface area (Å²) >= 11 is 0. The van der Waals surface area contributed by atoms with Gasteiger partial charge in [0.2, 0.25) is 0 Å². The van der Waals surface area contributed by atoms with Crippen LogP contribution in [0.4, 0.5) is 15.8 Å². The first kappa shape index (κ1) is 16.9. The maximum atomic E-state index is 13.6. The molecule has 0 heterocycles. The van der Waals surface area contributed by atoms with Crippen molar-refractivity contribution in [2.24, 2.45) is 0 Å². The van der Waals surface area contributed by atoms with Gasteiger partial charge in [0.1, 0.15) is 5.82 Å². The number of halogens is 1. The lowest BCUT2D eigenvalue weighted by molar-refractivity contribution is -0.384. The van der Waals surface area contributed by atoms with Gasteiger partial charge >= 0.3 is 0 Å². The van der Waals surface area contributed by atoms with Crippen LogP contribution in [-0.2, 0) is 6.42 Å². The average molecular weight is 343 g/mol. The van der Waals surface area contributed by atoms with Crippen LogP contribution >= 0.6 is 0 Å². The third-order valence-electron chi connectivity index (χ3n) is 4.44. The molecule has 0 saturated carbocycles. The van der Waals surface area contributed by atoms with Gasteiger partial charge in [-0.05, 0) is 48.6 Å². The average Bonchev–Trinajstić information content (AvgIpc) is 2.61. The van der Waals surface area contributed by atoms with Crippen molar-refractivity contribution in [1.82, 2.24) is 5.32 Å². The first-order valence-electron chi connectivity index (χ1n) is 8.05. The number of fused-ring (bicyclic) bond motifs is 1. The van der Waals surface area contributed by atoms with Gasteiger partial charge in [0, 0.05) is 24.9 Å². The molecule has 130 valence electrons. The van der Waals surface area contributed by atoms with E-state index in [4.69, 9.17) is 0 Å². The maximum Gasteiger partial charge on any atom is 0.270 e. The number of carbonyl (C=O) groups excluding carboxylic acids is 1. The van der Waals surface area contributed by atoms with E-state index >= 15 is 0 Å². The molecule has 2 N–H and O–H groups in total. The smallest absolute Gasteiger partial charge is 0.270 e. The minimum atomic E-state index is -0.540. The number of amides is 1. The summed E-state index contributed by atoms with van der Waals surface area (Å²) in [5.41, 5.74) is 2.48. The Bertz CT molecular complexity index is 838. The number of non-ortho nitro benzene ring substituents is 1. The number of hydrogen-bond donors (Lipinski definition) is 2. The van der Waals surface area contributed by atoms with Gasteiger partial charge in [-0.15, -0.1) is 0 Å². The van der Waals surface area contributed by atoms with E-state index in [0.717, 1.165) is 30.4 Å². The van der Waals surface area contributed by atoms with E-state index in [9.17, 15) is 19.3 Å². The summed E-state index contributed by atoms with van der Waals surface area (Å²) in [5.74, 6) is -0.718. The van der Waals surface area contributed by atoms with Gasteiger partial charge in [0.05, 0.1) is 16.5 Å². The van der Waals surface area contributed by atoms with Crippen LogP contribution in [0.3, 0.4) is 0 Å². The Hall–Kier alpha value is -2.96. The highest BCUT2D eigenvalue weighted by Crippen LogP contribution is 2.34. The summed E-state index contributed by atoms with van der Waals surface area (Å²) in [4.78, 5) is 22.6. The number of nitrogens with zero attached hydrogens (tertiary/aromatic N) is 1. The molecule has 7 heteroatoms. The van der Waals surface area contributed by atoms with Crippen LogP contribution in [0.25, 0.3) is 0 Å². The molecule has 1 unspecified atom stereocenters. The molecule has 0 saturated heterocycles. The van der Waals surface area contributed by atoms with Crippen molar-refractivity contribution in [2.75, 3.05) is 12.4 Å². The van der Waals surface area contributed by atoms with Crippen LogP contribution in [0.5, 0.6) is 0 Å². The zero-order chi connectivity index (χ0) is 18.0. The molecule has 25 heavy (non-hydrogen) atoms. The molecule has 1 atom stereocenters. The highest BCUT2D eigenvalue weighted by molar-refractivity contribution is 6.00. The van der Waals surface area contributed by atoms with Crippen LogP contribution in [0.15, 0.2) is 36.4 Å². The molecule has 1 aliphatic rings. The number of nitrogens with one attached hydrogen (secondary N) is 2. The molecule has 0 aliphatic heterocycles. The van der Waals surface area contributed by atoms with E-state index in [1.807, 2.05) is 0 Å². The summed E-state index contributed by atoms with van der Waals surface area (Å²) < 4.78 is 13.6. The number of nitro groups is 1. The molecule has 0 radical (unpaired) electrons. The highest BCUT2D eigenvalue weighted by Gasteiger charge is 2.23. The molecule has 2 aromatic rings. The Labute approximate surface area is 144 Å². The molecule has 1 amide bonds. The number of rotatable bonds is 4. The Morgan fingerprint density at radius 3 is 2.80 bits per heavy atom. The third kappa shape index (κ3) is 3.45. The molecule has 2 aromatic carbocycles. The topological polar surface area (TPSA) is 84.3 Å². The second-order valence-corrected chi connectivity index (χ2v) is 6.00. The summed E-state index contributed by atoms with van der Waals surface area (Å²) in [7, 11) is 1.47. The Kier molecular flexibility index (Phi) is 4.65. The number of anilines is 1. The number of benzene rings is 2. The Balaban J connectivity index is 1.97. The lowest BCUT2D eigenvalue weighted by Gasteiger charge is -2.28. The minimum absolute atomic E-state index is 0.149. The molecular formula is C18H18FN3O3. The third-order valence-corrected chi connectivity index (χ3v) is 4.44. The number of aryl methyl sites for hydroxylation is 1. The predicted octanol–water partition coefficient (Wildman–Crippen LogP) is 3.58. The van der Waals surface area contributed by atoms with Gasteiger partial charge in [-0.25, -0.2) is 4.39 Å². The normalized spacial score (nSPS) is 16.0. The summed E-state index contributed by atoms with van der Waals surface area (Å²) in [6.07, 6.45) is 2.62. The van der Waals surface area contributed by atoms with Crippen molar-refractivity contribution in [3.05, 3.63) is 69.0 Å². The lowest BCUT2D eigenvalue weighted by Crippen LogP contribution is -2.22. The van der Waals surface area contributed by atoms with Crippen molar-refractivity contribution >= 4 is 17.3 Å². The zero-order valence-electron chi connectivity index (χ0n) is 13.7. The summed E-state index contributed by atoms with van der Waals surface area (Å²) in [6, 6.07) is 8.72. The molecule has 6 nitrogen and oxygen atoms in total. The van der Waals surface area contributed by atoms with Gasteiger partial charge in [-0.1, -0.05) is 6.07 Å². The fourth-order valence-corrected chi connectivity index (χ4v) is 3.20. The lowest BCUT2D eigenvalue weighted by atomic mass is 9.87. The van der Waals surface area contributed by atoms with E-state index in [1.165, 1.54) is 37.4 Å². The van der Waals surface area contributed by atoms with Crippen LogP contribution in [0.2, 0.25) is 0 Å². The monoisotopic (exact) mass is 343 g/mol. The van der Waals surface area contributed by atoms with Gasteiger partial charge in [-0.3, -0.25) is 14.9 Å². The Morgan fingerprint density at radius 2 is 2.08 bits per heavy atom. The van der Waals surface area contributed by atoms with Gasteiger partial charge in [0.15, 0.2) is 0 Å². The fourth-order valence-electron chi connectivity index (χ4n) is 3.20. The molecule has 3 rings (SSSR count). The number of hydrogen-bond acceptors (Lipinski definition) is 4. The van der Waals surface area contributed by atoms with Crippen LogP contribution in [-0.4, -0.2) is 17.9 Å². The van der Waals surface area contributed by atoms with Crippen molar-refractivity contribution in [1.29, 1.82) is 0 Å². The molecular weight excluding hydrogens is 325 g/mol. The predicted molar refractivity (Wildman–Crippen MR) is 92.2 cm³/mol. The molecule has 0 bridgehead atoms. The summed E-state index contributed by atoms with van der Waals surface area (Å²) in [6.45, 7) is 0. The summed E-state index contributed by atoms with van der Waals surface area (Å²) in [5, 5.41) is 16.7. The van der Waals surface area contributed by atoms with E-state index < -0.39 is 10.8 Å². The number of nitro benzene ring substituents is 1. The largest absolute Gasteiger partial charge is 0.378 e. The van der Waals surface area contributed by atoms with Gasteiger partial charge in [-0.2, -0.15) is 0 Å². The van der Waals surface area contributed by atoms with Gasteiger partial charge < -0.3 is 10.6 Å². The van der Waals surface area contributed by atoms with E-state index in [-0.39, 0.29) is 23.1 Å². The van der Waals surface area contributed by atoms with Crippen LogP contribution in [0.1, 0.15) is 40.4 Å². The highest BCUT2D eigenvalue weighted by atomic mass is 19.1. The van der Waals surface area contributed by atoms with Crippen molar-refractivity contribution < 1.29 is 14.1 Å². The first-order chi connectivity index (χ1) is 12.0. The van der Waals surface area contributed by atoms with Crippen molar-refractivity contribution in [3.63, 3.8) is 0 Å². The standard InChI is InChI=1S/C18H18FN3O3/c1-20-18(23)15-10-13(22(24)25)7-8-17(15)21-16-4-2-3-11-5-6-12(19)9-14(11)16/h5-10,16,21H,2-4H2,1H3,(H,20,23). The quantitative estimate of drug-likeness (QED) is 0.656. The number of carbonyl (C=O) groups is 1. The first-order valence-corrected chi connectivity index (χ1v) is 8.05. The van der Waals surface area contributed by atoms with Crippen LogP contribution in [0, 0.1) is 15.9 Å². The van der Waals surface area contributed by atoms with E-state index in [2.05, 4.69) is 10.6 Å². The molecule has 1 aliphatic carbocycles. The minimum Gasteiger partial charge on any atom is -0.378 e. The van der Waals surface area contributed by atoms with Crippen molar-refractivity contribution in [2.45, 2.75) is 25.3 Å². The SMILES string of the molecule is CNC(=O)c1cc([N+](=O)[O-])ccc1NC1CCCc2ccc(F)cc21. The molecule has 0 aromatic heterocycles.